The molecule has 262 valence electrons. The molecule has 0 amide bonds. The van der Waals surface area contributed by atoms with E-state index in [4.69, 9.17) is 38.8 Å². The van der Waals surface area contributed by atoms with E-state index in [1.807, 2.05) is 97.8 Å². The van der Waals surface area contributed by atoms with Gasteiger partial charge < -0.3 is 14.9 Å². The van der Waals surface area contributed by atoms with Crippen molar-refractivity contribution in [2.45, 2.75) is 19.9 Å². The second kappa shape index (κ2) is 22.1. The van der Waals surface area contributed by atoms with Crippen molar-refractivity contribution >= 4 is 68.0 Å². The molecule has 1 fully saturated rings. The summed E-state index contributed by atoms with van der Waals surface area (Å²) in [7, 11) is 19.7. The first-order valence-corrected chi connectivity index (χ1v) is 28.7. The summed E-state index contributed by atoms with van der Waals surface area (Å²) in [5.74, 6) is 0.575. The zero-order chi connectivity index (χ0) is 36.6. The van der Waals surface area contributed by atoms with Gasteiger partial charge in [-0.05, 0) is 64.7 Å². The number of aliphatic imine (C=N–C) groups is 1. The maximum absolute atomic E-state index is 11.1. The molecule has 0 unspecified atom stereocenters. The van der Waals surface area contributed by atoms with E-state index >= 15 is 0 Å². The van der Waals surface area contributed by atoms with Gasteiger partial charge in [0.05, 0.1) is 38.6 Å². The number of morpholine rings is 1. The van der Waals surface area contributed by atoms with Gasteiger partial charge in [0.2, 0.25) is 0 Å². The van der Waals surface area contributed by atoms with Crippen molar-refractivity contribution in [1.29, 1.82) is 0 Å². The van der Waals surface area contributed by atoms with Crippen molar-refractivity contribution in [3.63, 3.8) is 0 Å². The van der Waals surface area contributed by atoms with E-state index in [0.29, 0.717) is 5.75 Å². The molecule has 0 atom stereocenters. The third kappa shape index (κ3) is 12.1. The summed E-state index contributed by atoms with van der Waals surface area (Å²) < 4.78 is 5.25. The Labute approximate surface area is 336 Å². The van der Waals surface area contributed by atoms with Crippen LogP contribution in [0.3, 0.4) is 0 Å². The molecule has 0 aromatic heterocycles. The van der Waals surface area contributed by atoms with Crippen LogP contribution in [0, 0.1) is 13.8 Å². The van der Waals surface area contributed by atoms with Crippen LogP contribution in [0.15, 0.2) is 119 Å². The van der Waals surface area contributed by atoms with Crippen molar-refractivity contribution in [3.05, 3.63) is 131 Å². The first kappa shape index (κ1) is 41.5. The Bertz CT molecular complexity index is 1950. The second-order valence-electron chi connectivity index (χ2n) is 11.4. The molecule has 0 spiro atoms. The molecule has 0 saturated carbocycles. The number of hydrogen-bond donors (Lipinski definition) is 2. The molecular formula is C39H37Cl4N3O3Zr2. The number of benzene rings is 5. The topological polar surface area (TPSA) is 77.7 Å². The number of phenolic OH excluding ortho intramolecular Hbond substituents is 2. The molecule has 1 aliphatic heterocycles. The van der Waals surface area contributed by atoms with Crippen molar-refractivity contribution < 1.29 is 56.6 Å². The predicted molar refractivity (Wildman–Crippen MR) is 209 cm³/mol. The van der Waals surface area contributed by atoms with Crippen LogP contribution in [0.2, 0.25) is 0 Å². The Morgan fingerprint density at radius 3 is 1.92 bits per heavy atom. The molecule has 12 heteroatoms. The molecule has 2 aliphatic rings. The summed E-state index contributed by atoms with van der Waals surface area (Å²) in [4.78, 5) is 4.56. The zero-order valence-corrected chi connectivity index (χ0v) is 36.0. The number of ether oxygens (including phenoxy) is 1. The van der Waals surface area contributed by atoms with E-state index in [1.165, 1.54) is 0 Å². The molecule has 1 aliphatic carbocycles. The SMILES string of the molecule is Cc1cc(C)c(O)c(C=NN2CCOCC2)c1.Oc1c(C=NC2C=CC=C2)cccc1-c1c2ccccc2cc2ccccc12.[Cl][Zr][Cl].[Cl][Zr][Cl]. The van der Waals surface area contributed by atoms with E-state index in [0.717, 1.165) is 81.2 Å². The average Bonchev–Trinajstić information content (AvgIpc) is 3.67. The van der Waals surface area contributed by atoms with Crippen LogP contribution in [0.1, 0.15) is 22.3 Å². The number of nitrogens with zero attached hydrogens (tertiary/aromatic N) is 3. The molecule has 5 aromatic carbocycles. The molecule has 1 heterocycles. The number of aromatic hydroxyl groups is 2. The summed E-state index contributed by atoms with van der Waals surface area (Å²) in [5, 5.41) is 31.9. The number of hydrazone groups is 1. The van der Waals surface area contributed by atoms with Crippen LogP contribution >= 0.6 is 34.1 Å². The van der Waals surface area contributed by atoms with Gasteiger partial charge in [-0.3, -0.25) is 10.0 Å². The van der Waals surface area contributed by atoms with E-state index in [2.05, 4.69) is 40.4 Å². The summed E-state index contributed by atoms with van der Waals surface area (Å²) in [6.07, 6.45) is 11.5. The van der Waals surface area contributed by atoms with Gasteiger partial charge in [-0.2, -0.15) is 5.10 Å². The van der Waals surface area contributed by atoms with Crippen LogP contribution in [0.4, 0.5) is 0 Å². The third-order valence-electron chi connectivity index (χ3n) is 8.04. The first-order valence-electron chi connectivity index (χ1n) is 16.0. The summed E-state index contributed by atoms with van der Waals surface area (Å²) >= 11 is -1.65. The van der Waals surface area contributed by atoms with E-state index in [1.54, 1.807) is 12.4 Å². The van der Waals surface area contributed by atoms with Gasteiger partial charge in [0, 0.05) is 28.5 Å². The quantitative estimate of drug-likeness (QED) is 0.136. The van der Waals surface area contributed by atoms with Gasteiger partial charge in [-0.25, -0.2) is 0 Å². The maximum atomic E-state index is 11.1. The van der Waals surface area contributed by atoms with Crippen molar-refractivity contribution in [3.8, 4) is 22.6 Å². The van der Waals surface area contributed by atoms with Crippen LogP contribution in [0.5, 0.6) is 11.5 Å². The second-order valence-corrected chi connectivity index (χ2v) is 18.9. The minimum atomic E-state index is -0.826. The number of para-hydroxylation sites is 1. The predicted octanol–water partition coefficient (Wildman–Crippen LogP) is 10.7. The number of aryl methyl sites for hydroxylation is 2. The van der Waals surface area contributed by atoms with Gasteiger partial charge in [-0.15, -0.1) is 0 Å². The number of phenols is 2. The Morgan fingerprint density at radius 2 is 1.31 bits per heavy atom. The molecule has 0 radical (unpaired) electrons. The zero-order valence-electron chi connectivity index (χ0n) is 28.1. The molecule has 1 saturated heterocycles. The van der Waals surface area contributed by atoms with Crippen molar-refractivity contribution in [1.82, 2.24) is 5.01 Å². The van der Waals surface area contributed by atoms with Gasteiger partial charge in [-0.1, -0.05) is 91.0 Å². The van der Waals surface area contributed by atoms with Crippen LogP contribution < -0.4 is 0 Å². The van der Waals surface area contributed by atoms with E-state index in [-0.39, 0.29) is 11.8 Å². The fourth-order valence-corrected chi connectivity index (χ4v) is 5.76. The molecule has 6 nitrogen and oxygen atoms in total. The molecule has 7 rings (SSSR count). The van der Waals surface area contributed by atoms with Crippen molar-refractivity contribution in [2.75, 3.05) is 26.3 Å². The minimum absolute atomic E-state index is 0.0430. The normalized spacial score (nSPS) is 13.8. The Balaban J connectivity index is 0.000000216. The number of rotatable bonds is 5. The molecule has 2 N–H and O–H groups in total. The number of allylic oxidation sites excluding steroid dienone is 2. The number of fused-ring (bicyclic) bond motifs is 2. The van der Waals surface area contributed by atoms with Gasteiger partial charge in [0.1, 0.15) is 11.5 Å². The average molecular weight is 920 g/mol. The van der Waals surface area contributed by atoms with Crippen LogP contribution in [-0.4, -0.2) is 60.0 Å². The van der Waals surface area contributed by atoms with E-state index in [9.17, 15) is 10.2 Å². The Morgan fingerprint density at radius 1 is 0.725 bits per heavy atom. The van der Waals surface area contributed by atoms with E-state index < -0.39 is 41.7 Å². The molecule has 5 aromatic rings. The first-order chi connectivity index (χ1) is 24.8. The Hall–Kier alpha value is -2.27. The standard InChI is InChI=1S/C26H19NO.C13H18N2O2.4ClH.2Zr/c28-26-20(17-27-21-11-3-4-12-21)10-7-15-24(26)25-22-13-5-1-8-18(22)16-19-9-2-6-14-23(19)25;1-10-7-11(2)13(16)12(8-10)9-14-15-3-5-17-6-4-15;;;;;;/h1-17,21,28H;7-9,16H,3-6H2,1-2H3;4*1H;;/q;;;;;;2*+2/p-4. The molecule has 51 heavy (non-hydrogen) atoms. The summed E-state index contributed by atoms with van der Waals surface area (Å²) in [6, 6.07) is 28.7. The van der Waals surface area contributed by atoms with Gasteiger partial charge >= 0.3 is 75.7 Å². The van der Waals surface area contributed by atoms with Crippen LogP contribution in [0.25, 0.3) is 32.7 Å². The van der Waals surface area contributed by atoms with Gasteiger partial charge in [0.15, 0.2) is 0 Å². The van der Waals surface area contributed by atoms with Crippen LogP contribution in [-0.2, 0) is 46.4 Å². The fraction of sp³-hybridized carbons (Fsp3) is 0.179. The number of hydrogen-bond acceptors (Lipinski definition) is 6. The fourth-order valence-electron chi connectivity index (χ4n) is 5.76. The monoisotopic (exact) mass is 915 g/mol. The van der Waals surface area contributed by atoms with Gasteiger partial charge in [0.25, 0.3) is 0 Å². The third-order valence-corrected chi connectivity index (χ3v) is 8.04. The summed E-state index contributed by atoms with van der Waals surface area (Å²) in [5.41, 5.74) is 5.39. The van der Waals surface area contributed by atoms with Crippen molar-refractivity contribution in [2.24, 2.45) is 10.1 Å². The summed E-state index contributed by atoms with van der Waals surface area (Å²) in [6.45, 7) is 6.96. The molecule has 0 bridgehead atoms. The number of halogens is 4. The molecular weight excluding hydrogens is 883 g/mol. The Kier molecular flexibility index (Phi) is 17.9.